The molecule has 0 atom stereocenters. The van der Waals surface area contributed by atoms with Gasteiger partial charge in [-0.25, -0.2) is 0 Å². The molecule has 3 aromatic rings. The number of hydrogen-bond acceptors (Lipinski definition) is 5. The smallest absolute Gasteiger partial charge is 0.257 e. The Bertz CT molecular complexity index is 941. The first-order chi connectivity index (χ1) is 14.2. The van der Waals surface area contributed by atoms with E-state index in [1.807, 2.05) is 42.5 Å². The fourth-order valence-electron chi connectivity index (χ4n) is 2.85. The number of methoxy groups -OCH3 is 1. The molecule has 8 heteroatoms. The molecule has 0 radical (unpaired) electrons. The van der Waals surface area contributed by atoms with Crippen LogP contribution in [-0.4, -0.2) is 30.3 Å². The first kappa shape index (κ1) is 23.7. The largest absolute Gasteiger partial charge is 0.497 e. The van der Waals surface area contributed by atoms with Gasteiger partial charge in [-0.2, -0.15) is 4.98 Å². The summed E-state index contributed by atoms with van der Waals surface area (Å²) in [6.07, 6.45) is 1.81. The summed E-state index contributed by atoms with van der Waals surface area (Å²) in [6.45, 7) is 3.40. The zero-order valence-corrected chi connectivity index (χ0v) is 19.8. The van der Waals surface area contributed by atoms with E-state index in [9.17, 15) is 0 Å². The van der Waals surface area contributed by atoms with Gasteiger partial charge in [0.2, 0.25) is 0 Å². The Hall–Kier alpha value is -2.62. The number of rotatable bonds is 8. The number of hydrogen-bond donors (Lipinski definition) is 2. The molecule has 3 rings (SSSR count). The molecule has 0 aliphatic heterocycles. The first-order valence-corrected chi connectivity index (χ1v) is 9.71. The van der Waals surface area contributed by atoms with Crippen LogP contribution in [0.25, 0.3) is 11.5 Å². The lowest BCUT2D eigenvalue weighted by Gasteiger charge is -2.12. The average molecular weight is 521 g/mol. The van der Waals surface area contributed by atoms with Crippen LogP contribution in [0.1, 0.15) is 30.3 Å². The predicted octanol–water partition coefficient (Wildman–Crippen LogP) is 4.18. The van der Waals surface area contributed by atoms with E-state index < -0.39 is 0 Å². The van der Waals surface area contributed by atoms with Gasteiger partial charge in [0.25, 0.3) is 5.89 Å². The van der Waals surface area contributed by atoms with Crippen molar-refractivity contribution in [1.82, 2.24) is 20.8 Å². The topological polar surface area (TPSA) is 84.6 Å². The van der Waals surface area contributed by atoms with Gasteiger partial charge in [-0.3, -0.25) is 4.99 Å². The van der Waals surface area contributed by atoms with E-state index in [1.54, 1.807) is 14.2 Å². The van der Waals surface area contributed by atoms with Crippen LogP contribution in [0.2, 0.25) is 0 Å². The van der Waals surface area contributed by atoms with Crippen molar-refractivity contribution in [2.75, 3.05) is 14.2 Å². The summed E-state index contributed by atoms with van der Waals surface area (Å²) < 4.78 is 10.6. The summed E-state index contributed by atoms with van der Waals surface area (Å²) in [4.78, 5) is 8.74. The maximum Gasteiger partial charge on any atom is 0.257 e. The average Bonchev–Trinajstić information content (AvgIpc) is 3.23. The summed E-state index contributed by atoms with van der Waals surface area (Å²) in [5.74, 6) is 2.87. The van der Waals surface area contributed by atoms with Crippen LogP contribution >= 0.6 is 24.0 Å². The molecule has 0 saturated heterocycles. The van der Waals surface area contributed by atoms with Gasteiger partial charge in [0.15, 0.2) is 11.8 Å². The number of aromatic nitrogens is 2. The molecule has 0 amide bonds. The van der Waals surface area contributed by atoms with E-state index in [0.717, 1.165) is 47.1 Å². The lowest BCUT2D eigenvalue weighted by Crippen LogP contribution is -2.36. The molecule has 0 spiro atoms. The Labute approximate surface area is 194 Å². The van der Waals surface area contributed by atoms with Crippen LogP contribution in [0.15, 0.2) is 58.0 Å². The highest BCUT2D eigenvalue weighted by molar-refractivity contribution is 14.0. The molecule has 30 heavy (non-hydrogen) atoms. The van der Waals surface area contributed by atoms with Gasteiger partial charge in [-0.15, -0.1) is 24.0 Å². The second-order valence-electron chi connectivity index (χ2n) is 6.59. The Morgan fingerprint density at radius 1 is 1.07 bits per heavy atom. The molecular weight excluding hydrogens is 493 g/mol. The quantitative estimate of drug-likeness (QED) is 0.263. The Kier molecular flexibility index (Phi) is 9.59. The van der Waals surface area contributed by atoms with Gasteiger partial charge in [0, 0.05) is 32.1 Å². The second-order valence-corrected chi connectivity index (χ2v) is 6.59. The molecule has 0 aliphatic carbocycles. The maximum absolute atomic E-state index is 5.38. The third-order valence-electron chi connectivity index (χ3n) is 4.42. The number of ether oxygens (including phenoxy) is 1. The molecule has 0 bridgehead atoms. The van der Waals surface area contributed by atoms with Gasteiger partial charge in [0.05, 0.1) is 7.11 Å². The number of guanidine groups is 1. The highest BCUT2D eigenvalue weighted by atomic mass is 127. The highest BCUT2D eigenvalue weighted by Crippen LogP contribution is 2.19. The van der Waals surface area contributed by atoms with Crippen molar-refractivity contribution in [1.29, 1.82) is 0 Å². The van der Waals surface area contributed by atoms with Gasteiger partial charge in [0.1, 0.15) is 5.75 Å². The minimum atomic E-state index is 0. The molecule has 160 valence electrons. The van der Waals surface area contributed by atoms with Crippen molar-refractivity contribution in [2.24, 2.45) is 4.99 Å². The highest BCUT2D eigenvalue weighted by Gasteiger charge is 2.09. The lowest BCUT2D eigenvalue weighted by atomic mass is 10.1. The third-order valence-corrected chi connectivity index (χ3v) is 4.42. The van der Waals surface area contributed by atoms with Gasteiger partial charge < -0.3 is 19.9 Å². The summed E-state index contributed by atoms with van der Waals surface area (Å²) >= 11 is 0. The van der Waals surface area contributed by atoms with Crippen molar-refractivity contribution in [2.45, 2.75) is 32.9 Å². The number of aliphatic imine (C=N–C) groups is 1. The van der Waals surface area contributed by atoms with E-state index in [1.165, 1.54) is 0 Å². The van der Waals surface area contributed by atoms with E-state index in [0.29, 0.717) is 19.0 Å². The fraction of sp³-hybridized carbons (Fsp3) is 0.318. The lowest BCUT2D eigenvalue weighted by molar-refractivity contribution is 0.414. The molecule has 0 unspecified atom stereocenters. The van der Waals surface area contributed by atoms with Crippen molar-refractivity contribution in [3.8, 4) is 17.2 Å². The van der Waals surface area contributed by atoms with Crippen LogP contribution in [0.5, 0.6) is 5.75 Å². The van der Waals surface area contributed by atoms with E-state index in [2.05, 4.69) is 38.8 Å². The van der Waals surface area contributed by atoms with Crippen LogP contribution in [0.3, 0.4) is 0 Å². The van der Waals surface area contributed by atoms with E-state index in [-0.39, 0.29) is 24.0 Å². The van der Waals surface area contributed by atoms with Crippen LogP contribution in [0.4, 0.5) is 0 Å². The Balaban J connectivity index is 0.00000320. The minimum Gasteiger partial charge on any atom is -0.497 e. The van der Waals surface area contributed by atoms with Gasteiger partial charge in [-0.1, -0.05) is 36.3 Å². The number of nitrogens with zero attached hydrogens (tertiary/aromatic N) is 3. The summed E-state index contributed by atoms with van der Waals surface area (Å²) in [7, 11) is 3.42. The van der Waals surface area contributed by atoms with Gasteiger partial charge >= 0.3 is 0 Å². The zero-order valence-electron chi connectivity index (χ0n) is 17.5. The van der Waals surface area contributed by atoms with Crippen LogP contribution in [-0.2, 0) is 19.5 Å². The predicted molar refractivity (Wildman–Crippen MR) is 129 cm³/mol. The monoisotopic (exact) mass is 521 g/mol. The van der Waals surface area contributed by atoms with E-state index in [4.69, 9.17) is 9.26 Å². The normalized spacial score (nSPS) is 11.0. The number of benzene rings is 2. The van der Waals surface area contributed by atoms with Crippen molar-refractivity contribution in [3.05, 3.63) is 65.5 Å². The molecule has 0 aliphatic rings. The standard InChI is InChI=1S/C22H27N5O2.HI/c1-4-6-20-26-21(29-27-20)18-8-5-7-17(13-18)15-25-22(23-2)24-14-16-9-11-19(28-3)12-10-16;/h5,7-13H,4,6,14-15H2,1-3H3,(H2,23,24,25);1H. The summed E-state index contributed by atoms with van der Waals surface area (Å²) in [6, 6.07) is 16.0. The minimum absolute atomic E-state index is 0. The fourth-order valence-corrected chi connectivity index (χ4v) is 2.85. The number of halogens is 1. The van der Waals surface area contributed by atoms with Gasteiger partial charge in [-0.05, 0) is 41.8 Å². The van der Waals surface area contributed by atoms with Crippen molar-refractivity contribution >= 4 is 29.9 Å². The van der Waals surface area contributed by atoms with Crippen molar-refractivity contribution in [3.63, 3.8) is 0 Å². The van der Waals surface area contributed by atoms with Crippen molar-refractivity contribution < 1.29 is 9.26 Å². The number of nitrogens with one attached hydrogen (secondary N) is 2. The van der Waals surface area contributed by atoms with E-state index >= 15 is 0 Å². The SMILES string of the molecule is CCCc1noc(-c2cccc(CNC(=NC)NCc3ccc(OC)cc3)c2)n1.I. The van der Waals surface area contributed by atoms with Crippen LogP contribution in [0, 0.1) is 0 Å². The molecule has 2 aromatic carbocycles. The summed E-state index contributed by atoms with van der Waals surface area (Å²) in [5, 5.41) is 10.7. The first-order valence-electron chi connectivity index (χ1n) is 9.71. The zero-order chi connectivity index (χ0) is 20.5. The molecule has 0 saturated carbocycles. The second kappa shape index (κ2) is 12.2. The third kappa shape index (κ3) is 6.72. The Morgan fingerprint density at radius 3 is 2.47 bits per heavy atom. The molecule has 1 heterocycles. The molecule has 1 aromatic heterocycles. The Morgan fingerprint density at radius 2 is 1.80 bits per heavy atom. The summed E-state index contributed by atoms with van der Waals surface area (Å²) in [5.41, 5.74) is 3.17. The molecule has 7 nitrogen and oxygen atoms in total. The molecular formula is C22H28IN5O2. The molecule has 0 fully saturated rings. The number of aryl methyl sites for hydroxylation is 1. The maximum atomic E-state index is 5.38. The van der Waals surface area contributed by atoms with Crippen LogP contribution < -0.4 is 15.4 Å². The molecule has 2 N–H and O–H groups in total.